The van der Waals surface area contributed by atoms with E-state index in [0.717, 1.165) is 25.2 Å². The van der Waals surface area contributed by atoms with Crippen LogP contribution in [0.25, 0.3) is 0 Å². The molecular formula is C10H17ClN4. The van der Waals surface area contributed by atoms with Crippen molar-refractivity contribution in [3.8, 4) is 0 Å². The van der Waals surface area contributed by atoms with Crippen molar-refractivity contribution < 1.29 is 0 Å². The number of hydrogen-bond donors (Lipinski definition) is 1. The van der Waals surface area contributed by atoms with E-state index in [1.54, 1.807) is 6.33 Å². The Bertz CT molecular complexity index is 317. The third-order valence-corrected chi connectivity index (χ3v) is 3.12. The Morgan fingerprint density at radius 1 is 1.60 bits per heavy atom. The average molecular weight is 229 g/mol. The minimum atomic E-state index is 0.366. The highest BCUT2D eigenvalue weighted by molar-refractivity contribution is 6.21. The van der Waals surface area contributed by atoms with E-state index in [0.29, 0.717) is 17.5 Å². The lowest BCUT2D eigenvalue weighted by Gasteiger charge is -2.31. The lowest BCUT2D eigenvalue weighted by Crippen LogP contribution is -2.41. The van der Waals surface area contributed by atoms with Gasteiger partial charge in [-0.1, -0.05) is 0 Å². The van der Waals surface area contributed by atoms with Crippen LogP contribution in [0.3, 0.4) is 0 Å². The van der Waals surface area contributed by atoms with E-state index >= 15 is 0 Å². The van der Waals surface area contributed by atoms with Crippen molar-refractivity contribution in [2.24, 2.45) is 0 Å². The Labute approximate surface area is 95.0 Å². The van der Waals surface area contributed by atoms with Crippen LogP contribution in [0.1, 0.15) is 38.6 Å². The van der Waals surface area contributed by atoms with Gasteiger partial charge in [0.05, 0.1) is 6.54 Å². The van der Waals surface area contributed by atoms with Crippen molar-refractivity contribution in [3.63, 3.8) is 0 Å². The zero-order valence-electron chi connectivity index (χ0n) is 9.15. The molecule has 0 radical (unpaired) electrons. The van der Waals surface area contributed by atoms with Crippen molar-refractivity contribution in [1.82, 2.24) is 20.1 Å². The van der Waals surface area contributed by atoms with Crippen molar-refractivity contribution in [3.05, 3.63) is 12.2 Å². The third-order valence-electron chi connectivity index (χ3n) is 2.77. The first kappa shape index (κ1) is 10.9. The molecule has 0 bridgehead atoms. The van der Waals surface area contributed by atoms with Gasteiger partial charge in [-0.05, 0) is 26.7 Å². The predicted octanol–water partition coefficient (Wildman–Crippen LogP) is 1.72. The highest BCUT2D eigenvalue weighted by Gasteiger charge is 2.26. The first-order valence-electron chi connectivity index (χ1n) is 5.42. The number of nitrogens with one attached hydrogen (secondary N) is 1. The summed E-state index contributed by atoms with van der Waals surface area (Å²) in [5.41, 5.74) is 0. The second-order valence-electron chi connectivity index (χ2n) is 4.36. The minimum Gasteiger partial charge on any atom is -0.307 e. The molecule has 15 heavy (non-hydrogen) atoms. The molecule has 1 aromatic rings. The van der Waals surface area contributed by atoms with Crippen LogP contribution < -0.4 is 5.32 Å². The molecule has 0 aromatic carbocycles. The largest absolute Gasteiger partial charge is 0.307 e. The fourth-order valence-electron chi connectivity index (χ4n) is 1.78. The van der Waals surface area contributed by atoms with Crippen molar-refractivity contribution >= 4 is 11.6 Å². The van der Waals surface area contributed by atoms with Gasteiger partial charge in [-0.2, -0.15) is 5.10 Å². The molecule has 1 aliphatic carbocycles. The van der Waals surface area contributed by atoms with Crippen LogP contribution in [0.2, 0.25) is 0 Å². The summed E-state index contributed by atoms with van der Waals surface area (Å²) in [5, 5.41) is 8.00. The van der Waals surface area contributed by atoms with Gasteiger partial charge in [0.15, 0.2) is 0 Å². The van der Waals surface area contributed by atoms with Crippen LogP contribution in [0.15, 0.2) is 6.33 Å². The van der Waals surface area contributed by atoms with Gasteiger partial charge in [-0.25, -0.2) is 9.67 Å². The zero-order valence-corrected chi connectivity index (χ0v) is 9.91. The summed E-state index contributed by atoms with van der Waals surface area (Å²) < 4.78 is 1.95. The molecule has 1 aromatic heterocycles. The standard InChI is InChI=1S/C10H17ClN4/c1-7(2)15-10(13-6-14-15)5-12-9-3-8(11)4-9/h6-9,12H,3-5H2,1-2H3. The fraction of sp³-hybridized carbons (Fsp3) is 0.800. The van der Waals surface area contributed by atoms with E-state index in [4.69, 9.17) is 11.6 Å². The molecule has 0 unspecified atom stereocenters. The molecule has 1 aliphatic rings. The lowest BCUT2D eigenvalue weighted by molar-refractivity contribution is 0.336. The molecule has 5 heteroatoms. The van der Waals surface area contributed by atoms with Gasteiger partial charge in [-0.15, -0.1) is 11.6 Å². The van der Waals surface area contributed by atoms with Gasteiger partial charge in [0, 0.05) is 17.5 Å². The number of hydrogen-bond acceptors (Lipinski definition) is 3. The number of rotatable bonds is 4. The van der Waals surface area contributed by atoms with Gasteiger partial charge in [0.25, 0.3) is 0 Å². The molecule has 0 aliphatic heterocycles. The molecule has 0 saturated heterocycles. The molecule has 1 fully saturated rings. The number of nitrogens with zero attached hydrogens (tertiary/aromatic N) is 3. The van der Waals surface area contributed by atoms with Crippen LogP contribution in [0, 0.1) is 0 Å². The van der Waals surface area contributed by atoms with Crippen molar-refractivity contribution in [2.75, 3.05) is 0 Å². The van der Waals surface area contributed by atoms with E-state index < -0.39 is 0 Å². The SMILES string of the molecule is CC(C)n1ncnc1CNC1CC(Cl)C1. The maximum atomic E-state index is 5.91. The Balaban J connectivity index is 1.85. The summed E-state index contributed by atoms with van der Waals surface area (Å²) in [5.74, 6) is 1.00. The van der Waals surface area contributed by atoms with Gasteiger partial charge in [0.2, 0.25) is 0 Å². The highest BCUT2D eigenvalue weighted by Crippen LogP contribution is 2.25. The molecule has 0 atom stereocenters. The Kier molecular flexibility index (Phi) is 3.26. The summed E-state index contributed by atoms with van der Waals surface area (Å²) >= 11 is 5.91. The molecule has 2 rings (SSSR count). The monoisotopic (exact) mass is 228 g/mol. The first-order valence-corrected chi connectivity index (χ1v) is 5.86. The second-order valence-corrected chi connectivity index (χ2v) is 4.98. The van der Waals surface area contributed by atoms with Crippen molar-refractivity contribution in [2.45, 2.75) is 50.7 Å². The van der Waals surface area contributed by atoms with E-state index in [1.165, 1.54) is 0 Å². The smallest absolute Gasteiger partial charge is 0.141 e. The van der Waals surface area contributed by atoms with Gasteiger partial charge in [-0.3, -0.25) is 0 Å². The fourth-order valence-corrected chi connectivity index (χ4v) is 2.21. The molecule has 84 valence electrons. The summed E-state index contributed by atoms with van der Waals surface area (Å²) in [6.45, 7) is 5.00. The van der Waals surface area contributed by atoms with E-state index in [-0.39, 0.29) is 0 Å². The number of alkyl halides is 1. The summed E-state index contributed by atoms with van der Waals surface area (Å²) in [6, 6.07) is 0.927. The maximum absolute atomic E-state index is 5.91. The van der Waals surface area contributed by atoms with E-state index in [9.17, 15) is 0 Å². The van der Waals surface area contributed by atoms with Crippen LogP contribution in [0.4, 0.5) is 0 Å². The molecule has 0 amide bonds. The third kappa shape index (κ3) is 2.49. The molecule has 0 spiro atoms. The normalized spacial score (nSPS) is 25.6. The summed E-state index contributed by atoms with van der Waals surface area (Å²) in [4.78, 5) is 4.24. The van der Waals surface area contributed by atoms with E-state index in [2.05, 4.69) is 29.2 Å². The quantitative estimate of drug-likeness (QED) is 0.798. The minimum absolute atomic E-state index is 0.366. The number of halogens is 1. The highest BCUT2D eigenvalue weighted by atomic mass is 35.5. The molecular weight excluding hydrogens is 212 g/mol. The first-order chi connectivity index (χ1) is 7.16. The Morgan fingerprint density at radius 2 is 2.33 bits per heavy atom. The molecule has 1 N–H and O–H groups in total. The van der Waals surface area contributed by atoms with Gasteiger partial charge < -0.3 is 5.32 Å². The lowest BCUT2D eigenvalue weighted by atomic mass is 9.92. The van der Waals surface area contributed by atoms with Gasteiger partial charge >= 0.3 is 0 Å². The average Bonchev–Trinajstić information content (AvgIpc) is 2.58. The van der Waals surface area contributed by atoms with Crippen LogP contribution in [0.5, 0.6) is 0 Å². The predicted molar refractivity (Wildman–Crippen MR) is 59.9 cm³/mol. The molecule has 4 nitrogen and oxygen atoms in total. The van der Waals surface area contributed by atoms with Gasteiger partial charge in [0.1, 0.15) is 12.2 Å². The maximum Gasteiger partial charge on any atom is 0.141 e. The summed E-state index contributed by atoms with van der Waals surface area (Å²) in [6.07, 6.45) is 3.75. The van der Waals surface area contributed by atoms with Crippen LogP contribution in [-0.4, -0.2) is 26.2 Å². The molecule has 1 saturated carbocycles. The second kappa shape index (κ2) is 4.49. The van der Waals surface area contributed by atoms with Crippen LogP contribution in [-0.2, 0) is 6.54 Å². The van der Waals surface area contributed by atoms with E-state index in [1.807, 2.05) is 4.68 Å². The van der Waals surface area contributed by atoms with Crippen LogP contribution >= 0.6 is 11.6 Å². The molecule has 1 heterocycles. The Hall–Kier alpha value is -0.610. The number of aromatic nitrogens is 3. The van der Waals surface area contributed by atoms with Crippen molar-refractivity contribution in [1.29, 1.82) is 0 Å². The summed E-state index contributed by atoms with van der Waals surface area (Å²) in [7, 11) is 0. The Morgan fingerprint density at radius 3 is 2.93 bits per heavy atom. The topological polar surface area (TPSA) is 42.7 Å². The zero-order chi connectivity index (χ0) is 10.8.